The van der Waals surface area contributed by atoms with E-state index < -0.39 is 169 Å². The Morgan fingerprint density at radius 2 is 0.782 bits per heavy atom. The van der Waals surface area contributed by atoms with Crippen molar-refractivity contribution in [2.75, 3.05) is 13.2 Å². The number of nitriles is 1. The molecule has 133 heavy (non-hydrogen) atoms. The number of esters is 12. The van der Waals surface area contributed by atoms with Gasteiger partial charge in [0.2, 0.25) is 0 Å². The third-order valence-corrected chi connectivity index (χ3v) is 35.6. The standard InChI is InChI=1S/C20H34O2.C19H28O6.C17H21NO6.2C16H26O4.C15H20O7/c1-6-18(3,4)17(21)22-19(5,7-2)20-11-14-8-15(12-20)10-16(9-14)13-20;1-7-18(5,6)14(20)23-12-10-8-11-13(12)24-15(21)19(11,9-10)16(22)25-17(2,3)4;1-4-16(2,3)14(20)22-7-11(19)23-12-9-5-10-13(12)24-15(21)17(10,6-9)8-18;2*1-4-13(2,3)12(17)20-16-7-11-5-14(18,9-16)8-15(19,6-11)10-16;1-4-15(2,3)14(18)19-6-9(16)21-11-8-5-7-10(20-8)12(11)22-13(7)17/h14-16H,6-13H2,1-5H3;10-13H,7-9H2,1-6H3;9-10,12-13H,4-7H2,1-3H3;2*11,18-19H,4-10H2,1-3H3;7-8,10-12H,4-6H2,1-3H3. The average Bonchev–Trinajstić information content (AvgIpc) is 1.09. The lowest BCUT2D eigenvalue weighted by Gasteiger charge is -2.62. The first kappa shape index (κ1) is 103. The van der Waals surface area contributed by atoms with Crippen molar-refractivity contribution in [3.63, 3.8) is 0 Å². The van der Waals surface area contributed by atoms with Crippen molar-refractivity contribution in [3.8, 4) is 6.07 Å². The largest absolute Gasteiger partial charge is 0.459 e. The molecule has 0 radical (unpaired) electrons. The van der Waals surface area contributed by atoms with Gasteiger partial charge in [-0.1, -0.05) is 48.5 Å². The van der Waals surface area contributed by atoms with E-state index >= 15 is 0 Å². The Labute approximate surface area is 785 Å². The van der Waals surface area contributed by atoms with Crippen LogP contribution >= 0.6 is 0 Å². The van der Waals surface area contributed by atoms with Gasteiger partial charge in [-0.15, -0.1) is 0 Å². The van der Waals surface area contributed by atoms with Crippen LogP contribution in [0.2, 0.25) is 0 Å². The van der Waals surface area contributed by atoms with Crippen LogP contribution in [0.4, 0.5) is 0 Å². The number of carbonyl (C=O) groups excluding carboxylic acids is 12. The van der Waals surface area contributed by atoms with Gasteiger partial charge in [0, 0.05) is 67.6 Å². The zero-order valence-corrected chi connectivity index (χ0v) is 83.5. The van der Waals surface area contributed by atoms with Crippen molar-refractivity contribution in [1.82, 2.24) is 0 Å². The lowest BCUT2D eigenvalue weighted by molar-refractivity contribution is -0.265. The van der Waals surface area contributed by atoms with Crippen LogP contribution in [0.5, 0.6) is 0 Å². The minimum Gasteiger partial charge on any atom is -0.459 e. The molecule has 746 valence electrons. The van der Waals surface area contributed by atoms with Crippen molar-refractivity contribution in [2.24, 2.45) is 108 Å². The molecule has 30 heteroatoms. The quantitative estimate of drug-likeness (QED) is 0.0375. The van der Waals surface area contributed by atoms with Crippen molar-refractivity contribution < 1.29 is 140 Å². The molecule has 20 atom stereocenters. The van der Waals surface area contributed by atoms with Crippen molar-refractivity contribution in [1.29, 1.82) is 5.26 Å². The molecule has 16 saturated carbocycles. The molecule has 0 aromatic heterocycles. The molecule has 0 aromatic carbocycles. The van der Waals surface area contributed by atoms with Crippen molar-refractivity contribution >= 4 is 71.6 Å². The van der Waals surface area contributed by atoms with Gasteiger partial charge in [-0.05, 0) is 294 Å². The SMILES string of the molecule is CCC(C)(C)C(=O)OC(C)(CC)C12CC3CC(CC(C3)C1)C2.CCC(C)(C)C(=O)OC12CC3CC(O)(CC(O)(C3)C1)C2.CCC(C)(C)C(=O)OC12CC3CC(O)(CC(O)(C3)C1)C2.CCC(C)(C)C(=O)OC1C2CC3C1OC(=O)C3(C(=O)OC(C)(C)C)C2.CCC(C)(C)C(=O)OCC(=O)OC1C2CC3C(=O)OC1C3O2.CCC(C)(C)C(=O)OCC(=O)OC1C2CC3C1OC(=O)C3(C#N)C2. The highest BCUT2D eigenvalue weighted by atomic mass is 16.7. The highest BCUT2D eigenvalue weighted by molar-refractivity contribution is 6.03. The summed E-state index contributed by atoms with van der Waals surface area (Å²) in [5, 5.41) is 52.0. The third-order valence-electron chi connectivity index (χ3n) is 35.6. The van der Waals surface area contributed by atoms with E-state index in [1.165, 1.54) is 38.5 Å². The van der Waals surface area contributed by atoms with Crippen LogP contribution in [0.15, 0.2) is 0 Å². The number of carbonyl (C=O) groups is 12. The molecule has 18 bridgehead atoms. The monoisotopic (exact) mass is 1870 g/mol. The highest BCUT2D eigenvalue weighted by Gasteiger charge is 2.77. The molecular weight excluding hydrogens is 1720 g/mol. The molecule has 5 heterocycles. The van der Waals surface area contributed by atoms with Gasteiger partial charge in [-0.3, -0.25) is 47.9 Å². The minimum absolute atomic E-state index is 0.00935. The van der Waals surface area contributed by atoms with E-state index in [9.17, 15) is 83.2 Å². The predicted octanol–water partition coefficient (Wildman–Crippen LogP) is 14.3. The van der Waals surface area contributed by atoms with Crippen LogP contribution in [0, 0.1) is 119 Å². The molecule has 21 aliphatic rings. The van der Waals surface area contributed by atoms with Gasteiger partial charge in [0.1, 0.15) is 52.9 Å². The van der Waals surface area contributed by atoms with Gasteiger partial charge in [0.25, 0.3) is 0 Å². The first-order chi connectivity index (χ1) is 61.4. The fourth-order valence-electron chi connectivity index (χ4n) is 26.7. The lowest BCUT2D eigenvalue weighted by atomic mass is 9.45. The normalized spacial score (nSPS) is 39.8. The number of ether oxygens (including phenoxy) is 13. The van der Waals surface area contributed by atoms with Gasteiger partial charge < -0.3 is 82.0 Å². The number of fused-ring (bicyclic) bond motifs is 3. The van der Waals surface area contributed by atoms with Gasteiger partial charge in [0.15, 0.2) is 36.3 Å². The molecule has 20 unspecified atom stereocenters. The third kappa shape index (κ3) is 19.8. The summed E-state index contributed by atoms with van der Waals surface area (Å²) in [5.41, 5.74) is -10.9. The Morgan fingerprint density at radius 1 is 0.391 bits per heavy atom. The fourth-order valence-corrected chi connectivity index (χ4v) is 26.7. The van der Waals surface area contributed by atoms with E-state index in [-0.39, 0.29) is 99.9 Å². The fraction of sp³-hybridized carbons (Fsp3) is 0.874. The van der Waals surface area contributed by atoms with Crippen LogP contribution in [-0.4, -0.2) is 199 Å². The Hall–Kier alpha value is -7.07. The summed E-state index contributed by atoms with van der Waals surface area (Å²) in [5.74, 6) is -2.23. The second-order valence-electron chi connectivity index (χ2n) is 49.4. The Morgan fingerprint density at radius 3 is 1.20 bits per heavy atom. The molecule has 0 aromatic rings. The molecule has 16 aliphatic carbocycles. The van der Waals surface area contributed by atoms with E-state index in [2.05, 4.69) is 26.8 Å². The Bertz CT molecular complexity index is 4390. The number of hydrogen-bond donors (Lipinski definition) is 4. The average molecular weight is 1870 g/mol. The van der Waals surface area contributed by atoms with Gasteiger partial charge >= 0.3 is 71.6 Å². The summed E-state index contributed by atoms with van der Waals surface area (Å²) >= 11 is 0. The maximum atomic E-state index is 12.7. The van der Waals surface area contributed by atoms with Crippen molar-refractivity contribution in [3.05, 3.63) is 0 Å². The molecule has 0 amide bonds. The van der Waals surface area contributed by atoms with Crippen LogP contribution in [0.25, 0.3) is 0 Å². The molecule has 4 N–H and O–H groups in total. The molecule has 30 nitrogen and oxygen atoms in total. The number of aliphatic hydroxyl groups is 4. The second-order valence-corrected chi connectivity index (χ2v) is 49.4. The maximum absolute atomic E-state index is 12.7. The van der Waals surface area contributed by atoms with E-state index in [4.69, 9.17) is 61.6 Å². The summed E-state index contributed by atoms with van der Waals surface area (Å²) in [6, 6.07) is 2.10. The van der Waals surface area contributed by atoms with E-state index in [0.717, 1.165) is 82.0 Å². The van der Waals surface area contributed by atoms with Gasteiger partial charge in [-0.2, -0.15) is 5.26 Å². The number of hydrogen-bond acceptors (Lipinski definition) is 30. The summed E-state index contributed by atoms with van der Waals surface area (Å²) in [4.78, 5) is 146. The van der Waals surface area contributed by atoms with Crippen LogP contribution in [0.3, 0.4) is 0 Å². The predicted molar refractivity (Wildman–Crippen MR) is 476 cm³/mol. The summed E-state index contributed by atoms with van der Waals surface area (Å²) < 4.78 is 71.6. The lowest BCUT2D eigenvalue weighted by Crippen LogP contribution is -2.67. The van der Waals surface area contributed by atoms with E-state index in [0.29, 0.717) is 89.9 Å². The molecule has 5 aliphatic heterocycles. The smallest absolute Gasteiger partial charge is 0.344 e. The summed E-state index contributed by atoms with van der Waals surface area (Å²) in [6.07, 6.45) is 19.4. The van der Waals surface area contributed by atoms with Crippen molar-refractivity contribution in [2.45, 2.75) is 446 Å². The summed E-state index contributed by atoms with van der Waals surface area (Å²) in [6.45, 7) is 42.9. The number of nitrogens with zero attached hydrogens (tertiary/aromatic N) is 1. The molecular formula is C103H155NO29. The maximum Gasteiger partial charge on any atom is 0.344 e. The first-order valence-corrected chi connectivity index (χ1v) is 49.9. The Kier molecular flexibility index (Phi) is 27.9. The summed E-state index contributed by atoms with van der Waals surface area (Å²) in [7, 11) is 0. The van der Waals surface area contributed by atoms with Gasteiger partial charge in [0.05, 0.1) is 73.0 Å². The number of rotatable bonds is 25. The zero-order valence-electron chi connectivity index (χ0n) is 83.5. The molecule has 21 rings (SSSR count). The van der Waals surface area contributed by atoms with Crippen LogP contribution in [0.1, 0.15) is 352 Å². The minimum atomic E-state index is -1.22. The van der Waals surface area contributed by atoms with Crippen LogP contribution in [-0.2, 0) is 119 Å². The van der Waals surface area contributed by atoms with Gasteiger partial charge in [-0.25, -0.2) is 9.59 Å². The molecule has 21 fully saturated rings. The second kappa shape index (κ2) is 36.0. The van der Waals surface area contributed by atoms with E-state index in [1.54, 1.807) is 48.5 Å². The zero-order chi connectivity index (χ0) is 98.3. The van der Waals surface area contributed by atoms with Crippen LogP contribution < -0.4 is 0 Å². The molecule has 0 spiro atoms. The highest BCUT2D eigenvalue weighted by Crippen LogP contribution is 2.69. The topological polar surface area (TPSA) is 430 Å². The first-order valence-electron chi connectivity index (χ1n) is 49.9. The Balaban J connectivity index is 0.000000136. The molecule has 5 saturated heterocycles. The van der Waals surface area contributed by atoms with E-state index in [1.807, 2.05) is 90.0 Å².